The number of rotatable bonds is 4. The van der Waals surface area contributed by atoms with E-state index in [1.165, 1.54) is 11.1 Å². The predicted octanol–water partition coefficient (Wildman–Crippen LogP) is 5.60. The second kappa shape index (κ2) is 9.03. The average Bonchev–Trinajstić information content (AvgIpc) is 2.73. The highest BCUT2D eigenvalue weighted by Gasteiger charge is 2.28. The lowest BCUT2D eigenvalue weighted by atomic mass is 9.86. The zero-order valence-corrected chi connectivity index (χ0v) is 18.9. The molecule has 2 aromatic carbocycles. The molecule has 160 valence electrons. The molecule has 0 radical (unpaired) electrons. The van der Waals surface area contributed by atoms with Crippen molar-refractivity contribution in [1.82, 2.24) is 4.90 Å². The Kier molecular flexibility index (Phi) is 6.64. The molecular weight excluding hydrogens is 372 g/mol. The Hall–Kier alpha value is -2.62. The van der Waals surface area contributed by atoms with Gasteiger partial charge in [0.2, 0.25) is 5.91 Å². The number of nitrogens with zero attached hydrogens (tertiary/aromatic N) is 1. The van der Waals surface area contributed by atoms with Crippen molar-refractivity contribution in [2.45, 2.75) is 58.8 Å². The van der Waals surface area contributed by atoms with Gasteiger partial charge >= 0.3 is 0 Å². The van der Waals surface area contributed by atoms with E-state index in [0.29, 0.717) is 31.8 Å². The van der Waals surface area contributed by atoms with Gasteiger partial charge in [0, 0.05) is 30.3 Å². The van der Waals surface area contributed by atoms with E-state index in [4.69, 9.17) is 0 Å². The van der Waals surface area contributed by atoms with E-state index in [1.807, 2.05) is 41.3 Å². The highest BCUT2D eigenvalue weighted by atomic mass is 16.2. The average molecular weight is 407 g/mol. The van der Waals surface area contributed by atoms with Gasteiger partial charge in [0.25, 0.3) is 5.91 Å². The summed E-state index contributed by atoms with van der Waals surface area (Å²) in [7, 11) is 0. The maximum absolute atomic E-state index is 12.8. The molecule has 1 saturated heterocycles. The van der Waals surface area contributed by atoms with Gasteiger partial charge in [-0.25, -0.2) is 0 Å². The molecule has 1 fully saturated rings. The number of hydrogen-bond donors (Lipinski definition) is 1. The van der Waals surface area contributed by atoms with Crippen molar-refractivity contribution in [3.05, 3.63) is 65.2 Å². The van der Waals surface area contributed by atoms with Gasteiger partial charge < -0.3 is 10.2 Å². The Morgan fingerprint density at radius 1 is 0.933 bits per heavy atom. The van der Waals surface area contributed by atoms with Crippen molar-refractivity contribution in [2.75, 3.05) is 18.4 Å². The van der Waals surface area contributed by atoms with E-state index in [9.17, 15) is 9.59 Å². The topological polar surface area (TPSA) is 49.4 Å². The fourth-order valence-corrected chi connectivity index (χ4v) is 3.84. The lowest BCUT2D eigenvalue weighted by Gasteiger charge is -2.31. The molecule has 0 spiro atoms. The number of benzene rings is 2. The van der Waals surface area contributed by atoms with Crippen molar-refractivity contribution in [3.8, 4) is 0 Å². The molecule has 0 bridgehead atoms. The fourth-order valence-electron chi connectivity index (χ4n) is 3.84. The van der Waals surface area contributed by atoms with Crippen LogP contribution in [0.3, 0.4) is 0 Å². The van der Waals surface area contributed by atoms with Gasteiger partial charge in [-0.1, -0.05) is 58.9 Å². The third-order valence-electron chi connectivity index (χ3n) is 6.00. The molecule has 1 aliphatic heterocycles. The van der Waals surface area contributed by atoms with Crippen LogP contribution in [0.1, 0.15) is 74.9 Å². The normalized spacial score (nSPS) is 15.3. The zero-order chi connectivity index (χ0) is 21.9. The first-order valence-corrected chi connectivity index (χ1v) is 11.0. The highest BCUT2D eigenvalue weighted by molar-refractivity contribution is 5.95. The van der Waals surface area contributed by atoms with Crippen molar-refractivity contribution in [3.63, 3.8) is 0 Å². The Bertz CT molecular complexity index is 869. The van der Waals surface area contributed by atoms with Crippen LogP contribution < -0.4 is 5.32 Å². The van der Waals surface area contributed by atoms with Crippen LogP contribution in [0, 0.1) is 5.92 Å². The summed E-state index contributed by atoms with van der Waals surface area (Å²) in [6.45, 7) is 12.0. The van der Waals surface area contributed by atoms with Gasteiger partial charge in [0.05, 0.1) is 0 Å². The summed E-state index contributed by atoms with van der Waals surface area (Å²) in [5.74, 6) is 0.524. The Labute approximate surface area is 180 Å². The van der Waals surface area contributed by atoms with Crippen LogP contribution in [-0.4, -0.2) is 29.8 Å². The van der Waals surface area contributed by atoms with Gasteiger partial charge in [0.15, 0.2) is 0 Å². The first-order valence-electron chi connectivity index (χ1n) is 11.0. The van der Waals surface area contributed by atoms with Crippen LogP contribution in [0.15, 0.2) is 48.5 Å². The van der Waals surface area contributed by atoms with Crippen molar-refractivity contribution >= 4 is 17.5 Å². The molecule has 4 heteroatoms. The summed E-state index contributed by atoms with van der Waals surface area (Å²) in [5, 5.41) is 3.03. The van der Waals surface area contributed by atoms with Gasteiger partial charge in [-0.05, 0) is 59.6 Å². The minimum absolute atomic E-state index is 0.0499. The fraction of sp³-hybridized carbons (Fsp3) is 0.462. The maximum Gasteiger partial charge on any atom is 0.253 e. The van der Waals surface area contributed by atoms with E-state index in [0.717, 1.165) is 11.3 Å². The van der Waals surface area contributed by atoms with E-state index >= 15 is 0 Å². The van der Waals surface area contributed by atoms with Crippen molar-refractivity contribution < 1.29 is 9.59 Å². The molecule has 0 unspecified atom stereocenters. The molecule has 0 atom stereocenters. The van der Waals surface area contributed by atoms with Gasteiger partial charge in [-0.15, -0.1) is 0 Å². The van der Waals surface area contributed by atoms with Gasteiger partial charge in [0.1, 0.15) is 0 Å². The van der Waals surface area contributed by atoms with Gasteiger partial charge in [-0.2, -0.15) is 0 Å². The Balaban J connectivity index is 1.53. The molecule has 1 aliphatic rings. The second-order valence-electron chi connectivity index (χ2n) is 9.66. The number of likely N-dealkylation sites (tertiary alicyclic amines) is 1. The first-order chi connectivity index (χ1) is 14.1. The third kappa shape index (κ3) is 5.29. The molecule has 1 N–H and O–H groups in total. The predicted molar refractivity (Wildman–Crippen MR) is 123 cm³/mol. The number of amides is 2. The van der Waals surface area contributed by atoms with Crippen molar-refractivity contribution in [1.29, 1.82) is 0 Å². The molecule has 0 aromatic heterocycles. The molecule has 1 heterocycles. The zero-order valence-electron chi connectivity index (χ0n) is 18.9. The number of carbonyl (C=O) groups is 2. The quantitative estimate of drug-likeness (QED) is 0.719. The third-order valence-corrected chi connectivity index (χ3v) is 6.00. The molecule has 3 rings (SSSR count). The summed E-state index contributed by atoms with van der Waals surface area (Å²) in [4.78, 5) is 27.4. The molecule has 30 heavy (non-hydrogen) atoms. The largest absolute Gasteiger partial charge is 0.339 e. The molecule has 2 amide bonds. The summed E-state index contributed by atoms with van der Waals surface area (Å²) in [6, 6.07) is 16.0. The van der Waals surface area contributed by atoms with E-state index < -0.39 is 0 Å². The van der Waals surface area contributed by atoms with Crippen LogP contribution in [-0.2, 0) is 10.2 Å². The SMILES string of the molecule is CC(C)c1ccc(NC(=O)C2CCN(C(=O)c3ccc(C(C)(C)C)cc3)CC2)cc1. The van der Waals surface area contributed by atoms with Crippen LogP contribution in [0.4, 0.5) is 5.69 Å². The lowest BCUT2D eigenvalue weighted by Crippen LogP contribution is -2.41. The van der Waals surface area contributed by atoms with Crippen molar-refractivity contribution in [2.24, 2.45) is 5.92 Å². The minimum atomic E-state index is -0.0536. The van der Waals surface area contributed by atoms with Crippen LogP contribution in [0.5, 0.6) is 0 Å². The number of nitrogens with one attached hydrogen (secondary N) is 1. The molecular formula is C26H34N2O2. The maximum atomic E-state index is 12.8. The summed E-state index contributed by atoms with van der Waals surface area (Å²) in [5.41, 5.74) is 4.10. The smallest absolute Gasteiger partial charge is 0.253 e. The van der Waals surface area contributed by atoms with Crippen LogP contribution >= 0.6 is 0 Å². The van der Waals surface area contributed by atoms with Crippen LogP contribution in [0.2, 0.25) is 0 Å². The standard InChI is InChI=1S/C26H34N2O2/c1-18(2)19-8-12-23(13-9-19)27-24(29)20-14-16-28(17-15-20)25(30)21-6-10-22(11-7-21)26(3,4)5/h6-13,18,20H,14-17H2,1-5H3,(H,27,29). The highest BCUT2D eigenvalue weighted by Crippen LogP contribution is 2.25. The monoisotopic (exact) mass is 406 g/mol. The molecule has 2 aromatic rings. The summed E-state index contributed by atoms with van der Waals surface area (Å²) >= 11 is 0. The molecule has 0 aliphatic carbocycles. The van der Waals surface area contributed by atoms with E-state index in [1.54, 1.807) is 0 Å². The van der Waals surface area contributed by atoms with E-state index in [2.05, 4.69) is 52.1 Å². The van der Waals surface area contributed by atoms with Gasteiger partial charge in [-0.3, -0.25) is 9.59 Å². The molecule has 0 saturated carbocycles. The lowest BCUT2D eigenvalue weighted by molar-refractivity contribution is -0.121. The number of piperidine rings is 1. The van der Waals surface area contributed by atoms with E-state index in [-0.39, 0.29) is 23.1 Å². The first kappa shape index (κ1) is 22.1. The number of hydrogen-bond acceptors (Lipinski definition) is 2. The number of anilines is 1. The molecule has 4 nitrogen and oxygen atoms in total. The number of carbonyl (C=O) groups excluding carboxylic acids is 2. The van der Waals surface area contributed by atoms with Crippen LogP contribution in [0.25, 0.3) is 0 Å². The summed E-state index contributed by atoms with van der Waals surface area (Å²) < 4.78 is 0. The second-order valence-corrected chi connectivity index (χ2v) is 9.66. The minimum Gasteiger partial charge on any atom is -0.339 e. The Morgan fingerprint density at radius 3 is 2.00 bits per heavy atom. The summed E-state index contributed by atoms with van der Waals surface area (Å²) in [6.07, 6.45) is 1.39. The Morgan fingerprint density at radius 2 is 1.50 bits per heavy atom.